The van der Waals surface area contributed by atoms with E-state index >= 15 is 0 Å². The molecular weight excluding hydrogens is 1320 g/mol. The van der Waals surface area contributed by atoms with Crippen LogP contribution in [0.1, 0.15) is 54.2 Å². The summed E-state index contributed by atoms with van der Waals surface area (Å²) in [4.78, 5) is 7.87. The summed E-state index contributed by atoms with van der Waals surface area (Å²) in [7, 11) is 0. The molecule has 15 rings (SSSR count). The number of nitrogens with zero attached hydrogens (tertiary/aromatic N) is 5. The van der Waals surface area contributed by atoms with Gasteiger partial charge in [-0.2, -0.15) is 0 Å². The third kappa shape index (κ3) is 16.9. The van der Waals surface area contributed by atoms with Gasteiger partial charge in [0, 0.05) is 88.7 Å². The van der Waals surface area contributed by atoms with Gasteiger partial charge in [-0.1, -0.05) is 26.8 Å². The Morgan fingerprint density at radius 1 is 0.253 bits per heavy atom. The fourth-order valence-corrected chi connectivity index (χ4v) is 11.1. The van der Waals surface area contributed by atoms with E-state index in [4.69, 9.17) is 23.7 Å². The summed E-state index contributed by atoms with van der Waals surface area (Å²) in [5, 5.41) is 0. The van der Waals surface area contributed by atoms with Crippen LogP contribution < -0.4 is 48.2 Å². The molecule has 5 heterocycles. The van der Waals surface area contributed by atoms with E-state index in [0.717, 1.165) is 40.6 Å². The molecule has 0 N–H and O–H groups in total. The highest BCUT2D eigenvalue weighted by Crippen LogP contribution is 2.38. The molecule has 0 saturated carbocycles. The SMILES string of the molecule is CC(C)(C)c1ccc2c(c1)CN(c1c(F)cc(F)cc1F)CO2.Fc1cc(F)c(N2COc3ccc(F)cc3C2)c(F)c1.Fc1ccc(N2COc3ccc(F)cc3C2)c(F)c1.Fc1ccc(N2COc3ccc(F)cc3C2)cc1.Fc1ccc2c(c1)CN(c1ccc(F)c(F)c1)CO2. The van der Waals surface area contributed by atoms with Crippen LogP contribution in [0.2, 0.25) is 0 Å². The molecule has 0 amide bonds. The molecule has 0 aromatic heterocycles. The molecule has 0 bridgehead atoms. The molecular formula is C74H58F15N5O5. The lowest BCUT2D eigenvalue weighted by Gasteiger charge is -2.32. The third-order valence-electron chi connectivity index (χ3n) is 16.0. The average molecular weight is 1380 g/mol. The maximum atomic E-state index is 14.0. The molecule has 5 aliphatic heterocycles. The van der Waals surface area contributed by atoms with Crippen molar-refractivity contribution >= 4 is 28.4 Å². The summed E-state index contributed by atoms with van der Waals surface area (Å²) < 4.78 is 227. The fraction of sp³-hybridized carbons (Fsp3) is 0.189. The number of halogens is 15. The van der Waals surface area contributed by atoms with Gasteiger partial charge in [-0.15, -0.1) is 0 Å². The second-order valence-corrected chi connectivity index (χ2v) is 24.0. The summed E-state index contributed by atoms with van der Waals surface area (Å²) in [6, 6.07) is 38.4. The Morgan fingerprint density at radius 2 is 0.566 bits per heavy atom. The van der Waals surface area contributed by atoms with E-state index in [-0.39, 0.29) is 79.2 Å². The highest BCUT2D eigenvalue weighted by molar-refractivity contribution is 5.57. The molecule has 0 atom stereocenters. The van der Waals surface area contributed by atoms with Crippen LogP contribution in [0.5, 0.6) is 28.7 Å². The first-order valence-corrected chi connectivity index (χ1v) is 30.4. The molecule has 0 fully saturated rings. The molecule has 0 unspecified atom stereocenters. The van der Waals surface area contributed by atoms with Gasteiger partial charge in [-0.3, -0.25) is 0 Å². The third-order valence-corrected chi connectivity index (χ3v) is 16.0. The Hall–Kier alpha value is -10.9. The normalized spacial score (nSPS) is 14.1. The van der Waals surface area contributed by atoms with Gasteiger partial charge in [0.15, 0.2) is 68.6 Å². The molecule has 0 radical (unpaired) electrons. The van der Waals surface area contributed by atoms with E-state index in [1.807, 2.05) is 23.1 Å². The van der Waals surface area contributed by atoms with Gasteiger partial charge in [-0.25, -0.2) is 65.9 Å². The summed E-state index contributed by atoms with van der Waals surface area (Å²) in [6.45, 7) is 8.56. The molecule has 0 saturated heterocycles. The van der Waals surface area contributed by atoms with Crippen molar-refractivity contribution in [3.8, 4) is 28.7 Å². The van der Waals surface area contributed by atoms with Crippen LogP contribution in [0.15, 0.2) is 176 Å². The van der Waals surface area contributed by atoms with Crippen LogP contribution >= 0.6 is 0 Å². The molecule has 0 spiro atoms. The Kier molecular flexibility index (Phi) is 21.0. The van der Waals surface area contributed by atoms with Crippen molar-refractivity contribution in [1.29, 1.82) is 0 Å². The summed E-state index contributed by atoms with van der Waals surface area (Å²) in [5.74, 6) is -7.61. The average Bonchev–Trinajstić information content (AvgIpc) is 0.799. The fourth-order valence-electron chi connectivity index (χ4n) is 11.1. The van der Waals surface area contributed by atoms with Crippen molar-refractivity contribution in [2.24, 2.45) is 0 Å². The molecule has 10 aromatic carbocycles. The predicted molar refractivity (Wildman–Crippen MR) is 341 cm³/mol. The van der Waals surface area contributed by atoms with Gasteiger partial charge in [0.1, 0.15) is 92.5 Å². The standard InChI is InChI=1S/C18H18F3NO.C14H9F4NO.2C14H10F3NO.C14H11F2NO/c1-18(2,3)12-4-5-16-11(6-12)9-22(10-23-16)17-14(20)7-13(19)8-15(17)21;15-9-1-2-13-8(3-9)6-19(7-20-13)14-11(17)4-10(16)5-12(14)18;15-10-1-4-14-9(5-10)7-18(8-19-14)11-2-3-12(16)13(17)6-11;15-10-2-4-14-9(5-10)7-18(8-19-14)13-3-1-11(16)6-12(13)17;15-11-1-4-13(5-2-11)17-8-10-7-12(16)3-6-14(10)18-9-17/h4-8H,9-10H2,1-3H3;1-5H,6-7H2;2*1-6H,7-8H2;1-7H,8-9H2. The van der Waals surface area contributed by atoms with E-state index in [9.17, 15) is 65.9 Å². The Labute approximate surface area is 558 Å². The van der Waals surface area contributed by atoms with E-state index in [1.54, 1.807) is 40.1 Å². The number of rotatable bonds is 5. The minimum Gasteiger partial charge on any atom is -0.473 e. The molecule has 514 valence electrons. The highest BCUT2D eigenvalue weighted by atomic mass is 19.2. The zero-order chi connectivity index (χ0) is 70.4. The first kappa shape index (κ1) is 69.5. The largest absolute Gasteiger partial charge is 0.473 e. The Bertz CT molecular complexity index is 4540. The number of anilines is 5. The van der Waals surface area contributed by atoms with Crippen molar-refractivity contribution in [1.82, 2.24) is 0 Å². The minimum atomic E-state index is -1.02. The zero-order valence-corrected chi connectivity index (χ0v) is 52.8. The topological polar surface area (TPSA) is 62.3 Å². The second kappa shape index (κ2) is 29.9. The predicted octanol–water partition coefficient (Wildman–Crippen LogP) is 18.6. The Balaban J connectivity index is 0.000000125. The monoisotopic (exact) mass is 1380 g/mol. The van der Waals surface area contributed by atoms with Crippen LogP contribution in [-0.4, -0.2) is 33.7 Å². The lowest BCUT2D eigenvalue weighted by Crippen LogP contribution is -2.33. The summed E-state index contributed by atoms with van der Waals surface area (Å²) in [5.41, 5.74) is 5.43. The van der Waals surface area contributed by atoms with Crippen molar-refractivity contribution in [3.63, 3.8) is 0 Å². The van der Waals surface area contributed by atoms with Gasteiger partial charge >= 0.3 is 0 Å². The van der Waals surface area contributed by atoms with Crippen molar-refractivity contribution in [3.05, 3.63) is 297 Å². The van der Waals surface area contributed by atoms with Crippen LogP contribution in [0, 0.1) is 87.3 Å². The van der Waals surface area contributed by atoms with Gasteiger partial charge in [0.05, 0.1) is 25.3 Å². The van der Waals surface area contributed by atoms with Crippen molar-refractivity contribution in [2.75, 3.05) is 58.2 Å². The van der Waals surface area contributed by atoms with E-state index in [1.165, 1.54) is 94.7 Å². The van der Waals surface area contributed by atoms with E-state index in [2.05, 4.69) is 20.8 Å². The lowest BCUT2D eigenvalue weighted by molar-refractivity contribution is 0.285. The summed E-state index contributed by atoms with van der Waals surface area (Å²) >= 11 is 0. The van der Waals surface area contributed by atoms with Gasteiger partial charge in [0.25, 0.3) is 0 Å². The maximum Gasteiger partial charge on any atom is 0.161 e. The van der Waals surface area contributed by atoms with Crippen LogP contribution in [-0.2, 0) is 38.1 Å². The van der Waals surface area contributed by atoms with Gasteiger partial charge in [-0.05, 0) is 144 Å². The molecule has 5 aliphatic rings. The van der Waals surface area contributed by atoms with Gasteiger partial charge < -0.3 is 48.2 Å². The molecule has 25 heteroatoms. The molecule has 0 aliphatic carbocycles. The highest BCUT2D eigenvalue weighted by Gasteiger charge is 2.29. The molecule has 10 aromatic rings. The number of ether oxygens (including phenoxy) is 5. The second-order valence-electron chi connectivity index (χ2n) is 24.0. The molecule has 99 heavy (non-hydrogen) atoms. The number of fused-ring (bicyclic) bond motifs is 5. The van der Waals surface area contributed by atoms with Crippen LogP contribution in [0.3, 0.4) is 0 Å². The summed E-state index contributed by atoms with van der Waals surface area (Å²) in [6.07, 6.45) is 0. The first-order chi connectivity index (χ1) is 47.3. The number of hydrogen-bond acceptors (Lipinski definition) is 10. The quantitative estimate of drug-likeness (QED) is 0.156. The Morgan fingerprint density at radius 3 is 0.970 bits per heavy atom. The van der Waals surface area contributed by atoms with Crippen LogP contribution in [0.25, 0.3) is 0 Å². The zero-order valence-electron chi connectivity index (χ0n) is 52.8. The van der Waals surface area contributed by atoms with E-state index in [0.29, 0.717) is 108 Å². The van der Waals surface area contributed by atoms with Crippen molar-refractivity contribution < 1.29 is 89.5 Å². The minimum absolute atomic E-state index is 0.0152. The van der Waals surface area contributed by atoms with Crippen molar-refractivity contribution in [2.45, 2.75) is 58.9 Å². The van der Waals surface area contributed by atoms with Crippen LogP contribution in [0.4, 0.5) is 94.3 Å². The van der Waals surface area contributed by atoms with E-state index < -0.39 is 64.0 Å². The smallest absolute Gasteiger partial charge is 0.161 e. The number of hydrogen-bond donors (Lipinski definition) is 0. The lowest BCUT2D eigenvalue weighted by atomic mass is 9.86. The molecule has 10 nitrogen and oxygen atoms in total. The first-order valence-electron chi connectivity index (χ1n) is 30.4. The maximum absolute atomic E-state index is 14.0. The van der Waals surface area contributed by atoms with Gasteiger partial charge in [0.2, 0.25) is 0 Å². The number of benzene rings is 10.